The predicted octanol–water partition coefficient (Wildman–Crippen LogP) is 3.64. The second kappa shape index (κ2) is 7.56. The molecule has 0 saturated heterocycles. The van der Waals surface area contributed by atoms with Gasteiger partial charge >= 0.3 is 0 Å². The van der Waals surface area contributed by atoms with Crippen LogP contribution >= 0.6 is 0 Å². The zero-order valence-electron chi connectivity index (χ0n) is 11.0. The van der Waals surface area contributed by atoms with Crippen molar-refractivity contribution in [2.45, 2.75) is 6.42 Å². The minimum Gasteiger partial charge on any atom is -0.457 e. The lowest BCUT2D eigenvalue weighted by molar-refractivity contribution is -0.0291. The summed E-state index contributed by atoms with van der Waals surface area (Å²) in [6.07, 6.45) is 0.870. The van der Waals surface area contributed by atoms with Gasteiger partial charge in [0.05, 0.1) is 6.61 Å². The summed E-state index contributed by atoms with van der Waals surface area (Å²) in [5.41, 5.74) is 1.22. The Morgan fingerprint density at radius 1 is 0.842 bits per heavy atom. The van der Waals surface area contributed by atoms with E-state index in [1.54, 1.807) is 7.11 Å². The van der Waals surface area contributed by atoms with Crippen LogP contribution in [0, 0.1) is 0 Å². The van der Waals surface area contributed by atoms with Crippen LogP contribution in [0.25, 0.3) is 0 Å². The molecule has 2 rings (SSSR count). The van der Waals surface area contributed by atoms with Gasteiger partial charge in [0.2, 0.25) is 0 Å². The largest absolute Gasteiger partial charge is 0.457 e. The van der Waals surface area contributed by atoms with Crippen LogP contribution in [0.2, 0.25) is 0 Å². The van der Waals surface area contributed by atoms with E-state index in [1.165, 1.54) is 5.56 Å². The lowest BCUT2D eigenvalue weighted by Crippen LogP contribution is -2.01. The highest BCUT2D eigenvalue weighted by Crippen LogP contribution is 2.21. The lowest BCUT2D eigenvalue weighted by Gasteiger charge is -2.07. The molecule has 19 heavy (non-hydrogen) atoms. The summed E-state index contributed by atoms with van der Waals surface area (Å²) in [7, 11) is 1.62. The summed E-state index contributed by atoms with van der Waals surface area (Å²) < 4.78 is 15.8. The zero-order valence-corrected chi connectivity index (χ0v) is 11.0. The molecule has 0 aliphatic carbocycles. The van der Waals surface area contributed by atoms with Crippen molar-refractivity contribution in [3.8, 4) is 11.5 Å². The molecule has 0 aromatic heterocycles. The van der Waals surface area contributed by atoms with Crippen molar-refractivity contribution in [1.82, 2.24) is 0 Å². The number of methoxy groups -OCH3 is 1. The Bertz CT molecular complexity index is 465. The third-order valence-electron chi connectivity index (χ3n) is 2.64. The van der Waals surface area contributed by atoms with Crippen LogP contribution < -0.4 is 4.74 Å². The molecule has 0 heterocycles. The van der Waals surface area contributed by atoms with Gasteiger partial charge in [0, 0.05) is 7.11 Å². The van der Waals surface area contributed by atoms with E-state index in [0.29, 0.717) is 13.4 Å². The Kier molecular flexibility index (Phi) is 5.41. The Morgan fingerprint density at radius 3 is 2.21 bits per heavy atom. The zero-order chi connectivity index (χ0) is 13.3. The maximum atomic E-state index is 5.73. The molecule has 100 valence electrons. The average molecular weight is 258 g/mol. The monoisotopic (exact) mass is 258 g/mol. The van der Waals surface area contributed by atoms with Crippen molar-refractivity contribution in [1.29, 1.82) is 0 Å². The number of para-hydroxylation sites is 1. The van der Waals surface area contributed by atoms with E-state index in [9.17, 15) is 0 Å². The molecule has 3 nitrogen and oxygen atoms in total. The van der Waals surface area contributed by atoms with E-state index < -0.39 is 0 Å². The highest BCUT2D eigenvalue weighted by Gasteiger charge is 1.98. The van der Waals surface area contributed by atoms with Crippen molar-refractivity contribution in [3.63, 3.8) is 0 Å². The van der Waals surface area contributed by atoms with Crippen molar-refractivity contribution in [3.05, 3.63) is 60.2 Å². The van der Waals surface area contributed by atoms with Gasteiger partial charge in [-0.2, -0.15) is 0 Å². The molecular weight excluding hydrogens is 240 g/mol. The van der Waals surface area contributed by atoms with Crippen molar-refractivity contribution >= 4 is 0 Å². The molecule has 0 spiro atoms. The fraction of sp³-hybridized carbons (Fsp3) is 0.250. The van der Waals surface area contributed by atoms with E-state index in [4.69, 9.17) is 14.2 Å². The number of ether oxygens (including phenoxy) is 3. The van der Waals surface area contributed by atoms with Gasteiger partial charge in [-0.15, -0.1) is 0 Å². The maximum absolute atomic E-state index is 5.73. The van der Waals surface area contributed by atoms with Crippen LogP contribution in [0.15, 0.2) is 54.6 Å². The molecule has 2 aromatic rings. The van der Waals surface area contributed by atoms with Gasteiger partial charge in [-0.3, -0.25) is 0 Å². The van der Waals surface area contributed by atoms with Crippen molar-refractivity contribution in [2.24, 2.45) is 0 Å². The van der Waals surface area contributed by atoms with E-state index in [0.717, 1.165) is 17.9 Å². The average Bonchev–Trinajstić information content (AvgIpc) is 2.46. The molecule has 3 heteroatoms. The molecule has 0 radical (unpaired) electrons. The molecule has 0 atom stereocenters. The highest BCUT2D eigenvalue weighted by atomic mass is 16.7. The quantitative estimate of drug-likeness (QED) is 0.560. The lowest BCUT2D eigenvalue weighted by atomic mass is 10.1. The molecule has 0 saturated carbocycles. The smallest absolute Gasteiger partial charge is 0.146 e. The predicted molar refractivity (Wildman–Crippen MR) is 74.5 cm³/mol. The van der Waals surface area contributed by atoms with Gasteiger partial charge in [0.25, 0.3) is 0 Å². The summed E-state index contributed by atoms with van der Waals surface area (Å²) in [5.74, 6) is 1.69. The van der Waals surface area contributed by atoms with Crippen LogP contribution in [-0.2, 0) is 15.9 Å². The molecule has 0 aliphatic rings. The van der Waals surface area contributed by atoms with Gasteiger partial charge in [-0.1, -0.05) is 30.3 Å². The minimum absolute atomic E-state index is 0.342. The first-order valence-corrected chi connectivity index (χ1v) is 6.27. The molecule has 0 N–H and O–H groups in total. The SMILES string of the molecule is COCOCCc1ccc(Oc2ccccc2)cc1. The fourth-order valence-electron chi connectivity index (χ4n) is 1.68. The fourth-order valence-corrected chi connectivity index (χ4v) is 1.68. The number of rotatable bonds is 7. The highest BCUT2D eigenvalue weighted by molar-refractivity contribution is 5.32. The van der Waals surface area contributed by atoms with E-state index in [1.807, 2.05) is 42.5 Å². The summed E-state index contributed by atoms with van der Waals surface area (Å²) in [6, 6.07) is 17.8. The van der Waals surface area contributed by atoms with Crippen LogP contribution in [0.1, 0.15) is 5.56 Å². The van der Waals surface area contributed by atoms with E-state index in [-0.39, 0.29) is 0 Å². The molecule has 2 aromatic carbocycles. The first-order valence-electron chi connectivity index (χ1n) is 6.27. The second-order valence-electron chi connectivity index (χ2n) is 4.12. The van der Waals surface area contributed by atoms with E-state index >= 15 is 0 Å². The molecule has 0 fully saturated rings. The Morgan fingerprint density at radius 2 is 1.53 bits per heavy atom. The first-order chi connectivity index (χ1) is 9.38. The molecular formula is C16H18O3. The van der Waals surface area contributed by atoms with Crippen molar-refractivity contribution < 1.29 is 14.2 Å². The Balaban J connectivity index is 1.84. The third-order valence-corrected chi connectivity index (χ3v) is 2.64. The van der Waals surface area contributed by atoms with Gasteiger partial charge in [-0.25, -0.2) is 0 Å². The summed E-state index contributed by atoms with van der Waals surface area (Å²) >= 11 is 0. The second-order valence-corrected chi connectivity index (χ2v) is 4.12. The molecule has 0 aliphatic heterocycles. The molecule has 0 unspecified atom stereocenters. The molecule has 0 bridgehead atoms. The first kappa shape index (κ1) is 13.6. The topological polar surface area (TPSA) is 27.7 Å². The van der Waals surface area contributed by atoms with Gasteiger partial charge < -0.3 is 14.2 Å². The van der Waals surface area contributed by atoms with Crippen LogP contribution in [-0.4, -0.2) is 20.5 Å². The Hall–Kier alpha value is -1.84. The maximum Gasteiger partial charge on any atom is 0.146 e. The number of benzene rings is 2. The third kappa shape index (κ3) is 4.73. The van der Waals surface area contributed by atoms with Crippen LogP contribution in [0.4, 0.5) is 0 Å². The Labute approximate surface area is 113 Å². The van der Waals surface area contributed by atoms with Crippen LogP contribution in [0.3, 0.4) is 0 Å². The van der Waals surface area contributed by atoms with Crippen molar-refractivity contribution in [2.75, 3.05) is 20.5 Å². The van der Waals surface area contributed by atoms with Crippen LogP contribution in [0.5, 0.6) is 11.5 Å². The summed E-state index contributed by atoms with van der Waals surface area (Å²) in [6.45, 7) is 1.00. The summed E-state index contributed by atoms with van der Waals surface area (Å²) in [4.78, 5) is 0. The number of hydrogen-bond donors (Lipinski definition) is 0. The van der Waals surface area contributed by atoms with E-state index in [2.05, 4.69) is 12.1 Å². The van der Waals surface area contributed by atoms with Gasteiger partial charge in [0.1, 0.15) is 18.3 Å². The normalized spacial score (nSPS) is 10.4. The summed E-state index contributed by atoms with van der Waals surface area (Å²) in [5, 5.41) is 0. The standard InChI is InChI=1S/C16H18O3/c1-17-13-18-12-11-14-7-9-16(10-8-14)19-15-5-3-2-4-6-15/h2-10H,11-13H2,1H3. The minimum atomic E-state index is 0.342. The van der Waals surface area contributed by atoms with Gasteiger partial charge in [-0.05, 0) is 36.2 Å². The van der Waals surface area contributed by atoms with Gasteiger partial charge in [0.15, 0.2) is 0 Å². The number of hydrogen-bond acceptors (Lipinski definition) is 3. The molecule has 0 amide bonds.